The normalized spacial score (nSPS) is 10.9. The molecule has 0 saturated heterocycles. The minimum absolute atomic E-state index is 0.414. The third-order valence-corrected chi connectivity index (χ3v) is 3.30. The molecular weight excluding hydrogens is 226 g/mol. The largest absolute Gasteiger partial charge is 0.478 e. The molecule has 0 saturated carbocycles. The molecule has 94 valence electrons. The summed E-state index contributed by atoms with van der Waals surface area (Å²) in [6.45, 7) is 7.78. The minimum atomic E-state index is -0.866. The van der Waals surface area contributed by atoms with Gasteiger partial charge in [-0.2, -0.15) is 0 Å². The second-order valence-electron chi connectivity index (χ2n) is 4.69. The second-order valence-corrected chi connectivity index (χ2v) is 4.69. The Balaban J connectivity index is 3.02. The summed E-state index contributed by atoms with van der Waals surface area (Å²) in [5.41, 5.74) is 4.92. The number of aromatic nitrogens is 1. The highest BCUT2D eigenvalue weighted by Crippen LogP contribution is 2.27. The first kappa shape index (κ1) is 12.6. The van der Waals surface area contributed by atoms with Crippen molar-refractivity contribution >= 4 is 16.9 Å². The fourth-order valence-corrected chi connectivity index (χ4v) is 2.61. The van der Waals surface area contributed by atoms with E-state index in [1.807, 2.05) is 39.8 Å². The predicted molar refractivity (Wildman–Crippen MR) is 72.3 cm³/mol. The Hall–Kier alpha value is -1.90. The molecule has 3 heteroatoms. The average molecular weight is 243 g/mol. The maximum absolute atomic E-state index is 11.6. The number of pyridine rings is 1. The van der Waals surface area contributed by atoms with Gasteiger partial charge in [0.25, 0.3) is 0 Å². The number of carboxylic acids is 1. The molecule has 1 aromatic carbocycles. The van der Waals surface area contributed by atoms with Crippen molar-refractivity contribution in [3.05, 3.63) is 40.1 Å². The number of rotatable bonds is 2. The zero-order valence-electron chi connectivity index (χ0n) is 11.2. The summed E-state index contributed by atoms with van der Waals surface area (Å²) in [7, 11) is 0. The zero-order chi connectivity index (χ0) is 13.4. The van der Waals surface area contributed by atoms with E-state index in [0.717, 1.165) is 33.3 Å². The van der Waals surface area contributed by atoms with Crippen molar-refractivity contribution in [3.63, 3.8) is 0 Å². The van der Waals surface area contributed by atoms with E-state index in [-0.39, 0.29) is 0 Å². The average Bonchev–Trinajstić information content (AvgIpc) is 2.26. The molecule has 2 aromatic rings. The molecule has 1 N–H and O–H groups in total. The van der Waals surface area contributed by atoms with Gasteiger partial charge in [-0.15, -0.1) is 0 Å². The Morgan fingerprint density at radius 3 is 2.50 bits per heavy atom. The van der Waals surface area contributed by atoms with Crippen LogP contribution in [0.4, 0.5) is 0 Å². The van der Waals surface area contributed by atoms with Gasteiger partial charge in [-0.05, 0) is 49.9 Å². The first-order chi connectivity index (χ1) is 8.45. The molecule has 0 unspecified atom stereocenters. The van der Waals surface area contributed by atoms with Crippen molar-refractivity contribution in [3.8, 4) is 0 Å². The molecule has 0 aliphatic rings. The van der Waals surface area contributed by atoms with Crippen molar-refractivity contribution in [2.45, 2.75) is 34.1 Å². The molecule has 1 aromatic heterocycles. The lowest BCUT2D eigenvalue weighted by molar-refractivity contribution is 0.0697. The van der Waals surface area contributed by atoms with E-state index in [4.69, 9.17) is 0 Å². The number of fused-ring (bicyclic) bond motifs is 1. The molecule has 0 aliphatic heterocycles. The summed E-state index contributed by atoms with van der Waals surface area (Å²) < 4.78 is 0. The number of benzene rings is 1. The lowest BCUT2D eigenvalue weighted by Crippen LogP contribution is -2.08. The van der Waals surface area contributed by atoms with E-state index in [2.05, 4.69) is 4.98 Å². The van der Waals surface area contributed by atoms with E-state index < -0.39 is 5.97 Å². The molecule has 0 amide bonds. The van der Waals surface area contributed by atoms with Gasteiger partial charge in [0.15, 0.2) is 0 Å². The lowest BCUT2D eigenvalue weighted by Gasteiger charge is -2.13. The summed E-state index contributed by atoms with van der Waals surface area (Å²) in [5, 5.41) is 10.3. The first-order valence-corrected chi connectivity index (χ1v) is 6.09. The van der Waals surface area contributed by atoms with Crippen molar-refractivity contribution < 1.29 is 9.90 Å². The molecule has 0 radical (unpaired) electrons. The first-order valence-electron chi connectivity index (χ1n) is 6.09. The fraction of sp³-hybridized carbons (Fsp3) is 0.333. The van der Waals surface area contributed by atoms with Crippen LogP contribution in [0.1, 0.15) is 39.7 Å². The Bertz CT molecular complexity index is 645. The van der Waals surface area contributed by atoms with E-state index in [9.17, 15) is 9.90 Å². The molecule has 0 fully saturated rings. The van der Waals surface area contributed by atoms with Crippen molar-refractivity contribution in [1.82, 2.24) is 4.98 Å². The van der Waals surface area contributed by atoms with Crippen LogP contribution in [0.3, 0.4) is 0 Å². The molecular formula is C15H17NO2. The maximum atomic E-state index is 11.6. The Labute approximate surface area is 106 Å². The minimum Gasteiger partial charge on any atom is -0.478 e. The smallest absolute Gasteiger partial charge is 0.336 e. The Kier molecular flexibility index (Phi) is 3.07. The lowest BCUT2D eigenvalue weighted by atomic mass is 9.95. The summed E-state index contributed by atoms with van der Waals surface area (Å²) in [4.78, 5) is 16.1. The molecule has 3 nitrogen and oxygen atoms in total. The van der Waals surface area contributed by atoms with Gasteiger partial charge in [0.1, 0.15) is 0 Å². The molecule has 2 rings (SSSR count). The molecule has 0 atom stereocenters. The van der Waals surface area contributed by atoms with Gasteiger partial charge >= 0.3 is 5.97 Å². The van der Waals surface area contributed by atoms with Gasteiger partial charge in [0.05, 0.1) is 11.1 Å². The number of carbonyl (C=O) groups is 1. The summed E-state index contributed by atoms with van der Waals surface area (Å²) in [5.74, 6) is -0.866. The molecule has 18 heavy (non-hydrogen) atoms. The van der Waals surface area contributed by atoms with Crippen LogP contribution >= 0.6 is 0 Å². The van der Waals surface area contributed by atoms with Gasteiger partial charge in [-0.25, -0.2) is 4.79 Å². The van der Waals surface area contributed by atoms with E-state index >= 15 is 0 Å². The van der Waals surface area contributed by atoms with E-state index in [1.54, 1.807) is 0 Å². The van der Waals surface area contributed by atoms with E-state index in [1.165, 1.54) is 0 Å². The van der Waals surface area contributed by atoms with Crippen LogP contribution in [0.25, 0.3) is 10.9 Å². The quantitative estimate of drug-likeness (QED) is 0.879. The van der Waals surface area contributed by atoms with Crippen LogP contribution in [0.15, 0.2) is 12.1 Å². The Morgan fingerprint density at radius 2 is 1.94 bits per heavy atom. The monoisotopic (exact) mass is 243 g/mol. The highest BCUT2D eigenvalue weighted by atomic mass is 16.4. The molecule has 1 heterocycles. The van der Waals surface area contributed by atoms with Crippen molar-refractivity contribution in [2.24, 2.45) is 0 Å². The number of aryl methyl sites for hydroxylation is 3. The second kappa shape index (κ2) is 4.41. The highest BCUT2D eigenvalue weighted by Gasteiger charge is 2.18. The number of nitrogens with zero attached hydrogens (tertiary/aromatic N) is 1. The van der Waals surface area contributed by atoms with Crippen LogP contribution in [0, 0.1) is 20.8 Å². The van der Waals surface area contributed by atoms with Crippen LogP contribution < -0.4 is 0 Å². The maximum Gasteiger partial charge on any atom is 0.336 e. The van der Waals surface area contributed by atoms with Crippen LogP contribution in [0.2, 0.25) is 0 Å². The number of hydrogen-bond donors (Lipinski definition) is 1. The molecule has 0 spiro atoms. The van der Waals surface area contributed by atoms with Crippen molar-refractivity contribution in [1.29, 1.82) is 0 Å². The standard InChI is InChI=1S/C15H17NO2/c1-5-11-10(4)16-12-7-8(2)6-9(3)13(12)14(11)15(17)18/h6-7H,5H2,1-4H3,(H,17,18). The van der Waals surface area contributed by atoms with Gasteiger partial charge in [0, 0.05) is 11.1 Å². The van der Waals surface area contributed by atoms with Crippen LogP contribution in [0.5, 0.6) is 0 Å². The van der Waals surface area contributed by atoms with Gasteiger partial charge in [0.2, 0.25) is 0 Å². The summed E-state index contributed by atoms with van der Waals surface area (Å²) in [6, 6.07) is 3.95. The topological polar surface area (TPSA) is 50.2 Å². The Morgan fingerprint density at radius 1 is 1.28 bits per heavy atom. The SMILES string of the molecule is CCc1c(C)nc2cc(C)cc(C)c2c1C(=O)O. The van der Waals surface area contributed by atoms with Gasteiger partial charge in [-0.3, -0.25) is 4.98 Å². The molecule has 0 aliphatic carbocycles. The third kappa shape index (κ3) is 1.86. The van der Waals surface area contributed by atoms with Crippen molar-refractivity contribution in [2.75, 3.05) is 0 Å². The summed E-state index contributed by atoms with van der Waals surface area (Å²) in [6.07, 6.45) is 0.684. The van der Waals surface area contributed by atoms with Crippen LogP contribution in [-0.2, 0) is 6.42 Å². The predicted octanol–water partition coefficient (Wildman–Crippen LogP) is 3.42. The number of carboxylic acid groups (broad SMARTS) is 1. The van der Waals surface area contributed by atoms with Gasteiger partial charge in [-0.1, -0.05) is 13.0 Å². The van der Waals surface area contributed by atoms with E-state index in [0.29, 0.717) is 12.0 Å². The number of hydrogen-bond acceptors (Lipinski definition) is 2. The van der Waals surface area contributed by atoms with Gasteiger partial charge < -0.3 is 5.11 Å². The summed E-state index contributed by atoms with van der Waals surface area (Å²) >= 11 is 0. The number of aromatic carboxylic acids is 1. The van der Waals surface area contributed by atoms with Crippen LogP contribution in [-0.4, -0.2) is 16.1 Å². The third-order valence-electron chi connectivity index (χ3n) is 3.30. The highest BCUT2D eigenvalue weighted by molar-refractivity contribution is 6.05. The fourth-order valence-electron chi connectivity index (χ4n) is 2.61. The zero-order valence-corrected chi connectivity index (χ0v) is 11.2. The molecule has 0 bridgehead atoms.